The largest absolute Gasteiger partial charge is 0.457 e. The summed E-state index contributed by atoms with van der Waals surface area (Å²) < 4.78 is 19.4. The van der Waals surface area contributed by atoms with Crippen LogP contribution in [-0.4, -0.2) is 10.9 Å². The van der Waals surface area contributed by atoms with Crippen LogP contribution in [0.4, 0.5) is 10.1 Å². The van der Waals surface area contributed by atoms with Crippen molar-refractivity contribution >= 4 is 27.6 Å². The summed E-state index contributed by atoms with van der Waals surface area (Å²) in [5.41, 5.74) is -0.106. The first-order valence-electron chi connectivity index (χ1n) is 5.83. The molecule has 108 valence electrons. The topological polar surface area (TPSA) is 69.4 Å². The number of rotatable bonds is 4. The van der Waals surface area contributed by atoms with E-state index in [2.05, 4.69) is 15.9 Å². The molecule has 0 bridgehead atoms. The fourth-order valence-electron chi connectivity index (χ4n) is 1.59. The van der Waals surface area contributed by atoms with Crippen LogP contribution in [0, 0.1) is 15.9 Å². The third-order valence-electron chi connectivity index (χ3n) is 2.66. The molecular formula is C14H9BrFNO4. The van der Waals surface area contributed by atoms with Crippen molar-refractivity contribution in [3.05, 3.63) is 74.0 Å². The van der Waals surface area contributed by atoms with Gasteiger partial charge in [-0.3, -0.25) is 10.1 Å². The predicted octanol–water partition coefficient (Wildman–Crippen LogP) is 3.85. The summed E-state index contributed by atoms with van der Waals surface area (Å²) in [6, 6.07) is 9.74. The molecule has 21 heavy (non-hydrogen) atoms. The van der Waals surface area contributed by atoms with Gasteiger partial charge in [0.1, 0.15) is 18.0 Å². The lowest BCUT2D eigenvalue weighted by atomic mass is 10.2. The minimum Gasteiger partial charge on any atom is -0.457 e. The molecule has 0 amide bonds. The molecule has 5 nitrogen and oxygen atoms in total. The minimum absolute atomic E-state index is 0.0474. The van der Waals surface area contributed by atoms with Gasteiger partial charge in [-0.15, -0.1) is 0 Å². The van der Waals surface area contributed by atoms with E-state index in [1.807, 2.05) is 0 Å². The van der Waals surface area contributed by atoms with Gasteiger partial charge in [0, 0.05) is 16.6 Å². The summed E-state index contributed by atoms with van der Waals surface area (Å²) in [5.74, 6) is -1.81. The second-order valence-electron chi connectivity index (χ2n) is 4.12. The molecule has 2 aromatic carbocycles. The monoisotopic (exact) mass is 353 g/mol. The molecule has 0 saturated heterocycles. The second kappa shape index (κ2) is 6.45. The number of nitro benzene ring substituents is 1. The van der Waals surface area contributed by atoms with E-state index in [0.717, 1.165) is 28.2 Å². The molecule has 7 heteroatoms. The van der Waals surface area contributed by atoms with Crippen molar-refractivity contribution in [1.29, 1.82) is 0 Å². The molecule has 0 radical (unpaired) electrons. The van der Waals surface area contributed by atoms with Gasteiger partial charge in [0.05, 0.1) is 4.92 Å². The van der Waals surface area contributed by atoms with Gasteiger partial charge in [0.2, 0.25) is 0 Å². The Hall–Kier alpha value is -2.28. The zero-order valence-corrected chi connectivity index (χ0v) is 12.2. The van der Waals surface area contributed by atoms with Crippen molar-refractivity contribution in [3.8, 4) is 0 Å². The van der Waals surface area contributed by atoms with Gasteiger partial charge in [-0.25, -0.2) is 9.18 Å². The van der Waals surface area contributed by atoms with E-state index in [-0.39, 0.29) is 12.3 Å². The van der Waals surface area contributed by atoms with E-state index in [1.165, 1.54) is 0 Å². The van der Waals surface area contributed by atoms with Crippen LogP contribution in [0.3, 0.4) is 0 Å². The molecule has 0 aliphatic rings. The molecule has 0 heterocycles. The Bertz CT molecular complexity index is 688. The number of carbonyl (C=O) groups is 1. The summed E-state index contributed by atoms with van der Waals surface area (Å²) in [6.07, 6.45) is 0. The summed E-state index contributed by atoms with van der Waals surface area (Å²) >= 11 is 3.27. The number of non-ortho nitro benzene ring substituents is 1. The smallest absolute Gasteiger partial charge is 0.341 e. The first-order chi connectivity index (χ1) is 9.97. The maximum Gasteiger partial charge on any atom is 0.341 e. The Balaban J connectivity index is 2.11. The van der Waals surface area contributed by atoms with Crippen LogP contribution < -0.4 is 0 Å². The highest BCUT2D eigenvalue weighted by Gasteiger charge is 2.18. The van der Waals surface area contributed by atoms with Crippen LogP contribution >= 0.6 is 15.9 Å². The third-order valence-corrected chi connectivity index (χ3v) is 3.19. The second-order valence-corrected chi connectivity index (χ2v) is 5.04. The molecule has 0 unspecified atom stereocenters. The summed E-state index contributed by atoms with van der Waals surface area (Å²) in [7, 11) is 0. The summed E-state index contributed by atoms with van der Waals surface area (Å²) in [4.78, 5) is 21.7. The van der Waals surface area contributed by atoms with Gasteiger partial charge in [-0.2, -0.15) is 0 Å². The SMILES string of the molecule is O=C(OCc1ccc(Br)cc1)c1cc([N+](=O)[O-])ccc1F. The van der Waals surface area contributed by atoms with Crippen LogP contribution in [0.1, 0.15) is 15.9 Å². The van der Waals surface area contributed by atoms with Crippen LogP contribution in [0.15, 0.2) is 46.9 Å². The Morgan fingerprint density at radius 2 is 1.90 bits per heavy atom. The average molecular weight is 354 g/mol. The van der Waals surface area contributed by atoms with E-state index in [1.54, 1.807) is 24.3 Å². The van der Waals surface area contributed by atoms with Crippen LogP contribution in [0.25, 0.3) is 0 Å². The van der Waals surface area contributed by atoms with E-state index in [0.29, 0.717) is 0 Å². The average Bonchev–Trinajstić information content (AvgIpc) is 2.46. The lowest BCUT2D eigenvalue weighted by molar-refractivity contribution is -0.384. The molecule has 0 saturated carbocycles. The Kier molecular flexibility index (Phi) is 4.64. The molecule has 0 fully saturated rings. The lowest BCUT2D eigenvalue weighted by Gasteiger charge is -2.06. The Labute approximate surface area is 127 Å². The van der Waals surface area contributed by atoms with Crippen molar-refractivity contribution in [2.75, 3.05) is 0 Å². The van der Waals surface area contributed by atoms with Gasteiger partial charge in [0.25, 0.3) is 5.69 Å². The van der Waals surface area contributed by atoms with Crippen molar-refractivity contribution in [3.63, 3.8) is 0 Å². The number of halogens is 2. The third kappa shape index (κ3) is 3.85. The Morgan fingerprint density at radius 3 is 2.52 bits per heavy atom. The van der Waals surface area contributed by atoms with Crippen LogP contribution in [-0.2, 0) is 11.3 Å². The number of esters is 1. The molecule has 2 rings (SSSR count). The number of hydrogen-bond acceptors (Lipinski definition) is 4. The van der Waals surface area contributed by atoms with Gasteiger partial charge >= 0.3 is 5.97 Å². The van der Waals surface area contributed by atoms with E-state index in [9.17, 15) is 19.3 Å². The zero-order valence-electron chi connectivity index (χ0n) is 10.6. The number of nitro groups is 1. The molecule has 0 aliphatic heterocycles. The first-order valence-corrected chi connectivity index (χ1v) is 6.62. The van der Waals surface area contributed by atoms with Crippen molar-refractivity contribution in [1.82, 2.24) is 0 Å². The first kappa shape index (κ1) is 15.1. The quantitative estimate of drug-likeness (QED) is 0.475. The Morgan fingerprint density at radius 1 is 1.24 bits per heavy atom. The van der Waals surface area contributed by atoms with Crippen molar-refractivity contribution in [2.24, 2.45) is 0 Å². The number of nitrogens with zero attached hydrogens (tertiary/aromatic N) is 1. The standard InChI is InChI=1S/C14H9BrFNO4/c15-10-3-1-9(2-4-10)8-21-14(18)12-7-11(17(19)20)5-6-13(12)16/h1-7H,8H2. The van der Waals surface area contributed by atoms with Crippen molar-refractivity contribution < 1.29 is 18.8 Å². The highest BCUT2D eigenvalue weighted by molar-refractivity contribution is 9.10. The van der Waals surface area contributed by atoms with E-state index >= 15 is 0 Å². The van der Waals surface area contributed by atoms with E-state index < -0.39 is 22.3 Å². The van der Waals surface area contributed by atoms with Gasteiger partial charge in [-0.1, -0.05) is 28.1 Å². The van der Waals surface area contributed by atoms with Gasteiger partial charge in [0.15, 0.2) is 0 Å². The maximum atomic E-state index is 13.5. The fourth-order valence-corrected chi connectivity index (χ4v) is 1.85. The van der Waals surface area contributed by atoms with E-state index in [4.69, 9.17) is 4.74 Å². The molecule has 0 N–H and O–H groups in total. The summed E-state index contributed by atoms with van der Waals surface area (Å²) in [5, 5.41) is 10.6. The molecule has 0 aliphatic carbocycles. The zero-order chi connectivity index (χ0) is 15.4. The lowest BCUT2D eigenvalue weighted by Crippen LogP contribution is -2.08. The minimum atomic E-state index is -0.945. The number of benzene rings is 2. The normalized spacial score (nSPS) is 10.2. The number of ether oxygens (including phenoxy) is 1. The fraction of sp³-hybridized carbons (Fsp3) is 0.0714. The number of carbonyl (C=O) groups excluding carboxylic acids is 1. The predicted molar refractivity (Wildman–Crippen MR) is 76.3 cm³/mol. The summed E-state index contributed by atoms with van der Waals surface area (Å²) in [6.45, 7) is -0.0474. The highest BCUT2D eigenvalue weighted by atomic mass is 79.9. The highest BCUT2D eigenvalue weighted by Crippen LogP contribution is 2.18. The van der Waals surface area contributed by atoms with Crippen molar-refractivity contribution in [2.45, 2.75) is 6.61 Å². The maximum absolute atomic E-state index is 13.5. The number of hydrogen-bond donors (Lipinski definition) is 0. The van der Waals surface area contributed by atoms with Gasteiger partial charge < -0.3 is 4.74 Å². The van der Waals surface area contributed by atoms with Crippen LogP contribution in [0.5, 0.6) is 0 Å². The molecule has 2 aromatic rings. The molecule has 0 atom stereocenters. The van der Waals surface area contributed by atoms with Gasteiger partial charge in [-0.05, 0) is 23.8 Å². The molecule has 0 aromatic heterocycles. The molecular weight excluding hydrogens is 345 g/mol. The van der Waals surface area contributed by atoms with Crippen LogP contribution in [0.2, 0.25) is 0 Å². The molecule has 0 spiro atoms.